The maximum Gasteiger partial charge on any atom is 0.192 e. The summed E-state index contributed by atoms with van der Waals surface area (Å²) in [6.45, 7) is 3.20. The Hall–Kier alpha value is -0.860. The van der Waals surface area contributed by atoms with Crippen LogP contribution < -0.4 is 0 Å². The Labute approximate surface area is 75.8 Å². The van der Waals surface area contributed by atoms with Crippen molar-refractivity contribution in [2.75, 3.05) is 0 Å². The summed E-state index contributed by atoms with van der Waals surface area (Å²) >= 11 is 5.70. The third-order valence-electron chi connectivity index (χ3n) is 1.44. The Bertz CT molecular complexity index is 294. The van der Waals surface area contributed by atoms with Gasteiger partial charge in [0, 0.05) is 5.56 Å². The molecule has 0 aromatic heterocycles. The number of benzene rings is 1. The van der Waals surface area contributed by atoms with Crippen molar-refractivity contribution in [1.29, 1.82) is 0 Å². The predicted molar refractivity (Wildman–Crippen MR) is 47.1 cm³/mol. The Morgan fingerprint density at radius 2 is 2.08 bits per heavy atom. The van der Waals surface area contributed by atoms with Crippen LogP contribution in [0.5, 0.6) is 0 Å². The van der Waals surface area contributed by atoms with Gasteiger partial charge in [-0.15, -0.1) is 0 Å². The minimum Gasteiger partial charge on any atom is -0.385 e. The predicted octanol–water partition coefficient (Wildman–Crippen LogP) is 1.72. The second-order valence-corrected chi connectivity index (χ2v) is 2.77. The van der Waals surface area contributed by atoms with Gasteiger partial charge >= 0.3 is 0 Å². The van der Waals surface area contributed by atoms with Crippen LogP contribution >= 0.6 is 11.6 Å². The molecule has 0 heterocycles. The lowest BCUT2D eigenvalue weighted by Crippen LogP contribution is -2.16. The fourth-order valence-corrected chi connectivity index (χ4v) is 1.07. The molecule has 1 aromatic rings. The summed E-state index contributed by atoms with van der Waals surface area (Å²) < 4.78 is 0. The van der Waals surface area contributed by atoms with Crippen LogP contribution in [0, 0.1) is 6.92 Å². The first kappa shape index (κ1) is 9.23. The summed E-state index contributed by atoms with van der Waals surface area (Å²) in [4.78, 5) is 11.2. The van der Waals surface area contributed by atoms with E-state index in [9.17, 15) is 4.79 Å². The minimum absolute atomic E-state index is 0.307. The maximum absolute atomic E-state index is 11.2. The molecule has 12 heavy (non-hydrogen) atoms. The number of ketones is 1. The third kappa shape index (κ3) is 1.84. The van der Waals surface area contributed by atoms with E-state index in [4.69, 9.17) is 16.7 Å². The zero-order valence-electron chi connectivity index (χ0n) is 6.33. The molecule has 1 rings (SSSR count). The van der Waals surface area contributed by atoms with Gasteiger partial charge in [-0.25, -0.2) is 0 Å². The molecule has 1 radical (unpaired) electrons. The van der Waals surface area contributed by atoms with E-state index in [-0.39, 0.29) is 0 Å². The van der Waals surface area contributed by atoms with Gasteiger partial charge in [-0.2, -0.15) is 0 Å². The van der Waals surface area contributed by atoms with Crippen molar-refractivity contribution >= 4 is 17.4 Å². The zero-order chi connectivity index (χ0) is 9.14. The topological polar surface area (TPSA) is 37.3 Å². The van der Waals surface area contributed by atoms with Crippen LogP contribution in [0.3, 0.4) is 0 Å². The molecule has 2 nitrogen and oxygen atoms in total. The Balaban J connectivity index is 3.03. The normalized spacial score (nSPS) is 12.6. The number of aliphatic hydroxyl groups excluding tert-OH is 1. The summed E-state index contributed by atoms with van der Waals surface area (Å²) in [5.74, 6) is -0.458. The highest BCUT2D eigenvalue weighted by molar-refractivity contribution is 6.34. The number of Topliss-reactive ketones (excluding diaryl/α,β-unsaturated/α-hetero) is 1. The molecule has 0 aliphatic carbocycles. The van der Waals surface area contributed by atoms with Gasteiger partial charge in [0.25, 0.3) is 0 Å². The van der Waals surface area contributed by atoms with Crippen molar-refractivity contribution < 1.29 is 9.90 Å². The van der Waals surface area contributed by atoms with E-state index in [2.05, 4.69) is 6.92 Å². The van der Waals surface area contributed by atoms with Gasteiger partial charge in [0.2, 0.25) is 0 Å². The Morgan fingerprint density at radius 3 is 2.58 bits per heavy atom. The fourth-order valence-electron chi connectivity index (χ4n) is 0.841. The molecule has 0 aliphatic heterocycles. The molecule has 1 atom stereocenters. The fraction of sp³-hybridized carbons (Fsp3) is 0.111. The molecule has 0 saturated carbocycles. The number of aliphatic hydroxyl groups is 1. The van der Waals surface area contributed by atoms with Gasteiger partial charge in [0.15, 0.2) is 5.78 Å². The standard InChI is InChI=1S/C9H8ClO2/c1-6(11)9(12)7-4-2-3-5-8(7)10/h2-6,11H,1H2. The van der Waals surface area contributed by atoms with Crippen LogP contribution in [0.15, 0.2) is 24.3 Å². The van der Waals surface area contributed by atoms with Crippen LogP contribution in [0.2, 0.25) is 5.02 Å². The number of carbonyl (C=O) groups is 1. The van der Waals surface area contributed by atoms with E-state index in [0.29, 0.717) is 10.6 Å². The second-order valence-electron chi connectivity index (χ2n) is 2.36. The van der Waals surface area contributed by atoms with E-state index in [0.717, 1.165) is 0 Å². The summed E-state index contributed by atoms with van der Waals surface area (Å²) in [5, 5.41) is 9.22. The summed E-state index contributed by atoms with van der Waals surface area (Å²) in [6, 6.07) is 6.55. The first-order valence-corrected chi connectivity index (χ1v) is 3.80. The highest BCUT2D eigenvalue weighted by atomic mass is 35.5. The smallest absolute Gasteiger partial charge is 0.192 e. The van der Waals surface area contributed by atoms with Crippen LogP contribution in [0.4, 0.5) is 0 Å². The first-order chi connectivity index (χ1) is 5.63. The molecular weight excluding hydrogens is 176 g/mol. The number of rotatable bonds is 2. The molecule has 3 heteroatoms. The summed E-state index contributed by atoms with van der Waals surface area (Å²) in [5.41, 5.74) is 0.307. The molecule has 0 aliphatic rings. The monoisotopic (exact) mass is 183 g/mol. The summed E-state index contributed by atoms with van der Waals surface area (Å²) in [7, 11) is 0. The average molecular weight is 184 g/mol. The van der Waals surface area contributed by atoms with Gasteiger partial charge in [-0.05, 0) is 19.1 Å². The maximum atomic E-state index is 11.2. The van der Waals surface area contributed by atoms with Crippen molar-refractivity contribution in [2.45, 2.75) is 6.10 Å². The largest absolute Gasteiger partial charge is 0.385 e. The van der Waals surface area contributed by atoms with Gasteiger partial charge in [-0.3, -0.25) is 4.79 Å². The van der Waals surface area contributed by atoms with Gasteiger partial charge in [-0.1, -0.05) is 23.7 Å². The van der Waals surface area contributed by atoms with Crippen LogP contribution in [-0.2, 0) is 0 Å². The van der Waals surface area contributed by atoms with E-state index in [1.165, 1.54) is 0 Å². The van der Waals surface area contributed by atoms with Gasteiger partial charge < -0.3 is 5.11 Å². The number of carbonyl (C=O) groups excluding carboxylic acids is 1. The average Bonchev–Trinajstić information content (AvgIpc) is 2.04. The van der Waals surface area contributed by atoms with Gasteiger partial charge in [0.1, 0.15) is 6.10 Å². The Morgan fingerprint density at radius 1 is 1.50 bits per heavy atom. The van der Waals surface area contributed by atoms with Crippen molar-refractivity contribution in [3.05, 3.63) is 41.8 Å². The van der Waals surface area contributed by atoms with E-state index < -0.39 is 11.9 Å². The van der Waals surface area contributed by atoms with E-state index >= 15 is 0 Å². The lowest BCUT2D eigenvalue weighted by Gasteiger charge is -2.04. The SMILES string of the molecule is [CH2]C(O)C(=O)c1ccccc1Cl. The number of halogens is 1. The molecule has 1 aromatic carbocycles. The quantitative estimate of drug-likeness (QED) is 0.709. The molecule has 0 bridgehead atoms. The molecule has 0 fully saturated rings. The highest BCUT2D eigenvalue weighted by Gasteiger charge is 2.14. The van der Waals surface area contributed by atoms with Crippen molar-refractivity contribution in [3.8, 4) is 0 Å². The molecule has 0 amide bonds. The van der Waals surface area contributed by atoms with E-state index in [1.54, 1.807) is 24.3 Å². The molecule has 63 valence electrons. The molecule has 1 N–H and O–H groups in total. The number of hydrogen-bond donors (Lipinski definition) is 1. The first-order valence-electron chi connectivity index (χ1n) is 3.43. The van der Waals surface area contributed by atoms with E-state index in [1.807, 2.05) is 0 Å². The van der Waals surface area contributed by atoms with Crippen LogP contribution in [0.1, 0.15) is 10.4 Å². The summed E-state index contributed by atoms with van der Waals surface area (Å²) in [6.07, 6.45) is -1.25. The van der Waals surface area contributed by atoms with Crippen LogP contribution in [0.25, 0.3) is 0 Å². The van der Waals surface area contributed by atoms with Crippen molar-refractivity contribution in [3.63, 3.8) is 0 Å². The van der Waals surface area contributed by atoms with Crippen LogP contribution in [-0.4, -0.2) is 17.0 Å². The lowest BCUT2D eigenvalue weighted by molar-refractivity contribution is 0.0817. The zero-order valence-corrected chi connectivity index (χ0v) is 7.08. The van der Waals surface area contributed by atoms with Gasteiger partial charge in [0.05, 0.1) is 5.02 Å². The molecule has 0 spiro atoms. The van der Waals surface area contributed by atoms with Crippen molar-refractivity contribution in [2.24, 2.45) is 0 Å². The third-order valence-corrected chi connectivity index (χ3v) is 1.77. The molecule has 0 saturated heterocycles. The second kappa shape index (κ2) is 3.70. The Kier molecular flexibility index (Phi) is 2.84. The number of hydrogen-bond acceptors (Lipinski definition) is 2. The minimum atomic E-state index is -1.25. The molecule has 1 unspecified atom stereocenters. The van der Waals surface area contributed by atoms with Crippen molar-refractivity contribution in [1.82, 2.24) is 0 Å². The molecular formula is C9H8ClO2. The highest BCUT2D eigenvalue weighted by Crippen LogP contribution is 2.16. The lowest BCUT2D eigenvalue weighted by atomic mass is 10.1.